The maximum absolute atomic E-state index is 12.5. The van der Waals surface area contributed by atoms with Gasteiger partial charge in [-0.2, -0.15) is 0 Å². The Labute approximate surface area is 139 Å². The Hall–Kier alpha value is -2.12. The highest BCUT2D eigenvalue weighted by Gasteiger charge is 2.16. The third-order valence-electron chi connectivity index (χ3n) is 3.58. The fourth-order valence-corrected chi connectivity index (χ4v) is 2.92. The van der Waals surface area contributed by atoms with Crippen molar-refractivity contribution in [3.05, 3.63) is 42.4 Å². The maximum Gasteiger partial charge on any atom is 0.274 e. The van der Waals surface area contributed by atoms with Crippen molar-refractivity contribution in [3.63, 3.8) is 0 Å². The standard InChI is InChI=1S/C16H18N4O2S/c1-23-14-5-3-2-4-12(14)19-16(21)13-10-15(18-11-17-13)20-6-8-22-9-7-20/h2-5,10-11H,6-9H2,1H3,(H,19,21). The Kier molecular flexibility index (Phi) is 5.09. The van der Waals surface area contributed by atoms with Crippen LogP contribution in [0.4, 0.5) is 11.5 Å². The summed E-state index contributed by atoms with van der Waals surface area (Å²) in [6.07, 6.45) is 3.41. The quantitative estimate of drug-likeness (QED) is 0.868. The number of nitrogens with zero attached hydrogens (tertiary/aromatic N) is 3. The summed E-state index contributed by atoms with van der Waals surface area (Å²) in [5, 5.41) is 2.91. The summed E-state index contributed by atoms with van der Waals surface area (Å²) in [4.78, 5) is 23.9. The van der Waals surface area contributed by atoms with E-state index >= 15 is 0 Å². The molecule has 1 fully saturated rings. The number of ether oxygens (including phenoxy) is 1. The van der Waals surface area contributed by atoms with Gasteiger partial charge < -0.3 is 15.0 Å². The van der Waals surface area contributed by atoms with Crippen molar-refractivity contribution >= 4 is 29.2 Å². The summed E-state index contributed by atoms with van der Waals surface area (Å²) in [6, 6.07) is 9.42. The second kappa shape index (κ2) is 7.43. The largest absolute Gasteiger partial charge is 0.378 e. The number of aromatic nitrogens is 2. The van der Waals surface area contributed by atoms with Crippen molar-refractivity contribution in [2.45, 2.75) is 4.90 Å². The highest BCUT2D eigenvalue weighted by Crippen LogP contribution is 2.25. The van der Waals surface area contributed by atoms with Crippen LogP contribution in [0.3, 0.4) is 0 Å². The summed E-state index contributed by atoms with van der Waals surface area (Å²) in [6.45, 7) is 2.89. The lowest BCUT2D eigenvalue weighted by atomic mass is 10.3. The SMILES string of the molecule is CSc1ccccc1NC(=O)c1cc(N2CCOCC2)ncn1. The van der Waals surface area contributed by atoms with Gasteiger partial charge in [-0.25, -0.2) is 9.97 Å². The lowest BCUT2D eigenvalue weighted by Gasteiger charge is -2.27. The number of hydrogen-bond acceptors (Lipinski definition) is 6. The van der Waals surface area contributed by atoms with Gasteiger partial charge in [0.15, 0.2) is 0 Å². The van der Waals surface area contributed by atoms with Gasteiger partial charge in [-0.05, 0) is 18.4 Å². The van der Waals surface area contributed by atoms with Gasteiger partial charge in [-0.1, -0.05) is 12.1 Å². The van der Waals surface area contributed by atoms with Crippen LogP contribution in [-0.2, 0) is 4.74 Å². The number of hydrogen-bond donors (Lipinski definition) is 1. The average Bonchev–Trinajstić information content (AvgIpc) is 2.63. The fourth-order valence-electron chi connectivity index (χ4n) is 2.37. The molecule has 0 saturated carbocycles. The molecule has 1 N–H and O–H groups in total. The number of anilines is 2. The normalized spacial score (nSPS) is 14.6. The zero-order valence-electron chi connectivity index (χ0n) is 12.9. The fraction of sp³-hybridized carbons (Fsp3) is 0.312. The van der Waals surface area contributed by atoms with E-state index in [0.717, 1.165) is 29.5 Å². The minimum atomic E-state index is -0.233. The van der Waals surface area contributed by atoms with E-state index in [-0.39, 0.29) is 5.91 Å². The molecule has 3 rings (SSSR count). The molecular weight excluding hydrogens is 312 g/mol. The molecule has 1 aromatic carbocycles. The van der Waals surface area contributed by atoms with Crippen LogP contribution in [0, 0.1) is 0 Å². The van der Waals surface area contributed by atoms with Gasteiger partial charge in [0.25, 0.3) is 5.91 Å². The molecule has 120 valence electrons. The number of para-hydroxylation sites is 1. The number of thioether (sulfide) groups is 1. The Balaban J connectivity index is 1.77. The first kappa shape index (κ1) is 15.8. The van der Waals surface area contributed by atoms with E-state index in [1.807, 2.05) is 30.5 Å². The summed E-state index contributed by atoms with van der Waals surface area (Å²) >= 11 is 1.59. The van der Waals surface area contributed by atoms with Gasteiger partial charge >= 0.3 is 0 Å². The second-order valence-corrected chi connectivity index (χ2v) is 5.86. The lowest BCUT2D eigenvalue weighted by Crippen LogP contribution is -2.37. The van der Waals surface area contributed by atoms with E-state index in [9.17, 15) is 4.79 Å². The smallest absolute Gasteiger partial charge is 0.274 e. The van der Waals surface area contributed by atoms with E-state index in [4.69, 9.17) is 4.74 Å². The highest BCUT2D eigenvalue weighted by atomic mass is 32.2. The zero-order chi connectivity index (χ0) is 16.1. The Morgan fingerprint density at radius 3 is 2.83 bits per heavy atom. The van der Waals surface area contributed by atoms with Crippen LogP contribution in [0.15, 0.2) is 41.6 Å². The number of morpholine rings is 1. The molecule has 1 aliphatic heterocycles. The van der Waals surface area contributed by atoms with Gasteiger partial charge in [0, 0.05) is 24.1 Å². The molecule has 2 aromatic rings. The van der Waals surface area contributed by atoms with Crippen molar-refractivity contribution in [1.82, 2.24) is 9.97 Å². The topological polar surface area (TPSA) is 67.4 Å². The summed E-state index contributed by atoms with van der Waals surface area (Å²) in [5.41, 5.74) is 1.15. The molecule has 1 saturated heterocycles. The van der Waals surface area contributed by atoms with Crippen LogP contribution < -0.4 is 10.2 Å². The molecule has 23 heavy (non-hydrogen) atoms. The van der Waals surface area contributed by atoms with Gasteiger partial charge in [0.2, 0.25) is 0 Å². The first-order valence-electron chi connectivity index (χ1n) is 7.37. The minimum Gasteiger partial charge on any atom is -0.378 e. The van der Waals surface area contributed by atoms with Crippen molar-refractivity contribution in [3.8, 4) is 0 Å². The van der Waals surface area contributed by atoms with Crippen molar-refractivity contribution in [2.24, 2.45) is 0 Å². The number of carbonyl (C=O) groups is 1. The Morgan fingerprint density at radius 1 is 1.26 bits per heavy atom. The first-order chi connectivity index (χ1) is 11.3. The molecule has 1 amide bonds. The molecule has 7 heteroatoms. The van der Waals surface area contributed by atoms with Gasteiger partial charge in [0.1, 0.15) is 17.8 Å². The molecule has 0 unspecified atom stereocenters. The van der Waals surface area contributed by atoms with Crippen LogP contribution in [0.5, 0.6) is 0 Å². The molecular formula is C16H18N4O2S. The molecule has 0 aliphatic carbocycles. The molecule has 6 nitrogen and oxygen atoms in total. The number of carbonyl (C=O) groups excluding carboxylic acids is 1. The van der Waals surface area contributed by atoms with E-state index < -0.39 is 0 Å². The van der Waals surface area contributed by atoms with Crippen LogP contribution in [0.1, 0.15) is 10.5 Å². The number of amides is 1. The monoisotopic (exact) mass is 330 g/mol. The molecule has 0 bridgehead atoms. The van der Waals surface area contributed by atoms with Crippen LogP contribution in [-0.4, -0.2) is 48.4 Å². The average molecular weight is 330 g/mol. The summed E-state index contributed by atoms with van der Waals surface area (Å²) in [5.74, 6) is 0.523. The molecule has 0 radical (unpaired) electrons. The van der Waals surface area contributed by atoms with Crippen molar-refractivity contribution < 1.29 is 9.53 Å². The van der Waals surface area contributed by atoms with E-state index in [0.29, 0.717) is 18.9 Å². The highest BCUT2D eigenvalue weighted by molar-refractivity contribution is 7.98. The molecule has 1 aliphatic rings. The summed E-state index contributed by atoms with van der Waals surface area (Å²) in [7, 11) is 0. The Bertz CT molecular complexity index is 689. The van der Waals surface area contributed by atoms with Gasteiger partial charge in [0.05, 0.1) is 18.9 Å². The summed E-state index contributed by atoms with van der Waals surface area (Å²) < 4.78 is 5.34. The van der Waals surface area contributed by atoms with E-state index in [2.05, 4.69) is 20.2 Å². The van der Waals surface area contributed by atoms with Crippen LogP contribution in [0.2, 0.25) is 0 Å². The third-order valence-corrected chi connectivity index (χ3v) is 4.37. The molecule has 0 spiro atoms. The minimum absolute atomic E-state index is 0.233. The molecule has 1 aromatic heterocycles. The van der Waals surface area contributed by atoms with Gasteiger partial charge in [-0.15, -0.1) is 11.8 Å². The predicted molar refractivity (Wildman–Crippen MR) is 91.2 cm³/mol. The van der Waals surface area contributed by atoms with Crippen LogP contribution >= 0.6 is 11.8 Å². The van der Waals surface area contributed by atoms with E-state index in [1.54, 1.807) is 17.8 Å². The van der Waals surface area contributed by atoms with E-state index in [1.165, 1.54) is 6.33 Å². The van der Waals surface area contributed by atoms with Gasteiger partial charge in [-0.3, -0.25) is 4.79 Å². The maximum atomic E-state index is 12.5. The van der Waals surface area contributed by atoms with Crippen molar-refractivity contribution in [2.75, 3.05) is 42.8 Å². The number of rotatable bonds is 4. The third kappa shape index (κ3) is 3.80. The van der Waals surface area contributed by atoms with Crippen LogP contribution in [0.25, 0.3) is 0 Å². The zero-order valence-corrected chi connectivity index (χ0v) is 13.7. The first-order valence-corrected chi connectivity index (χ1v) is 8.59. The predicted octanol–water partition coefficient (Wildman–Crippen LogP) is 2.29. The van der Waals surface area contributed by atoms with Crippen molar-refractivity contribution in [1.29, 1.82) is 0 Å². The number of nitrogens with one attached hydrogen (secondary N) is 1. The molecule has 2 heterocycles. The molecule has 0 atom stereocenters. The number of benzene rings is 1. The lowest BCUT2D eigenvalue weighted by molar-refractivity contribution is 0.102. The Morgan fingerprint density at radius 2 is 2.04 bits per heavy atom. The second-order valence-electron chi connectivity index (χ2n) is 5.02.